The van der Waals surface area contributed by atoms with Gasteiger partial charge in [-0.1, -0.05) is 39.3 Å². The number of aldehydes is 2. The first-order chi connectivity index (χ1) is 27.1. The van der Waals surface area contributed by atoms with Crippen molar-refractivity contribution in [2.75, 3.05) is 56.0 Å². The topological polar surface area (TPSA) is 133 Å². The highest BCUT2D eigenvalue weighted by Crippen LogP contribution is 2.31. The van der Waals surface area contributed by atoms with Crippen molar-refractivity contribution in [1.29, 1.82) is 0 Å². The molecule has 3 saturated heterocycles. The van der Waals surface area contributed by atoms with Gasteiger partial charge in [-0.2, -0.15) is 4.98 Å². The molecule has 3 fully saturated rings. The number of benzene rings is 1. The molecule has 0 saturated carbocycles. The van der Waals surface area contributed by atoms with E-state index in [1.54, 1.807) is 6.07 Å². The van der Waals surface area contributed by atoms with Gasteiger partial charge in [-0.3, -0.25) is 28.1 Å². The molecule has 56 heavy (non-hydrogen) atoms. The summed E-state index contributed by atoms with van der Waals surface area (Å²) in [6.45, 7) is 16.1. The smallest absolute Gasteiger partial charge is 0.252 e. The van der Waals surface area contributed by atoms with Crippen molar-refractivity contribution < 1.29 is 18.8 Å². The summed E-state index contributed by atoms with van der Waals surface area (Å²) in [6, 6.07) is 6.37. The van der Waals surface area contributed by atoms with Crippen LogP contribution in [0.15, 0.2) is 47.5 Å². The molecule has 1 amide bonds. The SMILES string of the molecule is C=C(CCC(=O)N1CCC(SN2CCC(Nc3ncc4ccc(=O)n(C(CC)C(C)C)c4n3)CC2)CC1)NCC1CCN(c2cc(C=O)c(C=O)cc2F)CC1. The molecule has 14 heteroatoms. The van der Waals surface area contributed by atoms with Crippen LogP contribution in [-0.4, -0.2) is 99.3 Å². The molecule has 302 valence electrons. The van der Waals surface area contributed by atoms with Crippen LogP contribution in [0.1, 0.15) is 105 Å². The second kappa shape index (κ2) is 19.2. The average molecular weight is 789 g/mol. The van der Waals surface area contributed by atoms with Crippen LogP contribution in [0.3, 0.4) is 0 Å². The summed E-state index contributed by atoms with van der Waals surface area (Å²) in [6.07, 6.45) is 10.4. The summed E-state index contributed by atoms with van der Waals surface area (Å²) in [5, 5.41) is 8.34. The highest BCUT2D eigenvalue weighted by Gasteiger charge is 2.28. The number of anilines is 2. The van der Waals surface area contributed by atoms with Crippen LogP contribution in [-0.2, 0) is 4.79 Å². The molecule has 2 N–H and O–H groups in total. The van der Waals surface area contributed by atoms with Crippen molar-refractivity contribution >= 4 is 53.1 Å². The second-order valence-electron chi connectivity index (χ2n) is 15.9. The minimum atomic E-state index is -0.490. The first-order valence-electron chi connectivity index (χ1n) is 20.3. The Hall–Kier alpha value is -4.30. The van der Waals surface area contributed by atoms with E-state index in [0.29, 0.717) is 72.9 Å². The van der Waals surface area contributed by atoms with Gasteiger partial charge in [-0.05, 0) is 81.4 Å². The number of rotatable bonds is 16. The molecule has 1 atom stereocenters. The predicted molar refractivity (Wildman–Crippen MR) is 222 cm³/mol. The molecule has 0 bridgehead atoms. The third-order valence-electron chi connectivity index (χ3n) is 11.7. The Morgan fingerprint density at radius 2 is 1.68 bits per heavy atom. The second-order valence-corrected chi connectivity index (χ2v) is 17.2. The number of likely N-dealkylation sites (tertiary alicyclic amines) is 1. The largest absolute Gasteiger partial charge is 0.389 e. The maximum absolute atomic E-state index is 14.7. The first-order valence-corrected chi connectivity index (χ1v) is 21.1. The van der Waals surface area contributed by atoms with E-state index in [4.69, 9.17) is 4.98 Å². The molecule has 3 aromatic rings. The van der Waals surface area contributed by atoms with E-state index in [1.165, 1.54) is 6.07 Å². The number of carbonyl (C=O) groups excluding carboxylic acids is 3. The Labute approximate surface area is 333 Å². The summed E-state index contributed by atoms with van der Waals surface area (Å²) in [4.78, 5) is 61.9. The van der Waals surface area contributed by atoms with Crippen LogP contribution in [0.25, 0.3) is 11.0 Å². The lowest BCUT2D eigenvalue weighted by Crippen LogP contribution is -2.41. The average Bonchev–Trinajstić information content (AvgIpc) is 3.21. The monoisotopic (exact) mass is 788 g/mol. The van der Waals surface area contributed by atoms with Crippen LogP contribution in [0.2, 0.25) is 0 Å². The number of fused-ring (bicyclic) bond motifs is 1. The van der Waals surface area contributed by atoms with Gasteiger partial charge in [0, 0.05) is 104 Å². The number of piperidine rings is 3. The Kier molecular flexibility index (Phi) is 14.2. The molecule has 2 aromatic heterocycles. The zero-order valence-electron chi connectivity index (χ0n) is 33.1. The number of halogens is 1. The van der Waals surface area contributed by atoms with E-state index in [-0.39, 0.29) is 34.7 Å². The Balaban J connectivity index is 0.864. The van der Waals surface area contributed by atoms with Gasteiger partial charge in [0.2, 0.25) is 11.9 Å². The van der Waals surface area contributed by atoms with Crippen LogP contribution in [0.5, 0.6) is 0 Å². The lowest BCUT2D eigenvalue weighted by molar-refractivity contribution is -0.132. The zero-order valence-corrected chi connectivity index (χ0v) is 33.9. The summed E-state index contributed by atoms with van der Waals surface area (Å²) in [7, 11) is 0. The lowest BCUT2D eigenvalue weighted by atomic mass is 9.95. The normalized spacial score (nSPS) is 18.3. The summed E-state index contributed by atoms with van der Waals surface area (Å²) >= 11 is 1.94. The lowest BCUT2D eigenvalue weighted by Gasteiger charge is -2.37. The van der Waals surface area contributed by atoms with E-state index >= 15 is 0 Å². The van der Waals surface area contributed by atoms with Crippen molar-refractivity contribution in [1.82, 2.24) is 29.1 Å². The van der Waals surface area contributed by atoms with Gasteiger partial charge in [0.15, 0.2) is 12.6 Å². The molecule has 1 unspecified atom stereocenters. The van der Waals surface area contributed by atoms with E-state index in [9.17, 15) is 23.6 Å². The number of pyridine rings is 1. The van der Waals surface area contributed by atoms with Gasteiger partial charge >= 0.3 is 0 Å². The van der Waals surface area contributed by atoms with Crippen LogP contribution in [0, 0.1) is 17.7 Å². The fraction of sp³-hybridized carbons (Fsp3) is 0.571. The van der Waals surface area contributed by atoms with E-state index < -0.39 is 5.82 Å². The molecule has 6 rings (SSSR count). The maximum atomic E-state index is 14.7. The zero-order chi connectivity index (χ0) is 39.8. The Morgan fingerprint density at radius 3 is 2.34 bits per heavy atom. The van der Waals surface area contributed by atoms with Crippen LogP contribution >= 0.6 is 11.9 Å². The van der Waals surface area contributed by atoms with Crippen molar-refractivity contribution in [2.45, 2.75) is 95.9 Å². The molecule has 0 aliphatic carbocycles. The molecular formula is C42H57FN8O4S. The third-order valence-corrected chi connectivity index (χ3v) is 13.1. The summed E-state index contributed by atoms with van der Waals surface area (Å²) in [5.41, 5.74) is 2.15. The van der Waals surface area contributed by atoms with Gasteiger partial charge < -0.3 is 20.4 Å². The quantitative estimate of drug-likeness (QED) is 0.122. The minimum absolute atomic E-state index is 0.0253. The van der Waals surface area contributed by atoms with E-state index in [1.807, 2.05) is 38.6 Å². The standard InChI is InChI=1S/C42H57FN8O4S/c1-5-37(28(2)3)51-40(55)9-7-31-25-45-42(47-41(31)51)46-34-12-20-50(21-13-34)56-35-14-18-49(19-15-35)39(54)8-6-29(4)44-24-30-10-16-48(17-11-30)38-23-33(27-53)32(26-52)22-36(38)43/h7,9,22-23,25-28,30,34-35,37,44H,4-6,8,10-21,24H2,1-3H3,(H,45,46,47). The van der Waals surface area contributed by atoms with Crippen molar-refractivity contribution in [3.8, 4) is 0 Å². The summed E-state index contributed by atoms with van der Waals surface area (Å²) in [5.74, 6) is 0.965. The maximum Gasteiger partial charge on any atom is 0.252 e. The van der Waals surface area contributed by atoms with Crippen molar-refractivity contribution in [3.05, 3.63) is 70.0 Å². The Bertz CT molecular complexity index is 1920. The predicted octanol–water partition coefficient (Wildman–Crippen LogP) is 6.48. The number of hydrogen-bond donors (Lipinski definition) is 2. The minimum Gasteiger partial charge on any atom is -0.389 e. The number of carbonyl (C=O) groups is 3. The van der Waals surface area contributed by atoms with Gasteiger partial charge in [0.05, 0.1) is 5.69 Å². The number of nitrogens with zero attached hydrogens (tertiary/aromatic N) is 6. The van der Waals surface area contributed by atoms with Crippen molar-refractivity contribution in [2.24, 2.45) is 11.8 Å². The number of hydrogen-bond acceptors (Lipinski definition) is 11. The van der Waals surface area contributed by atoms with Gasteiger partial charge in [-0.15, -0.1) is 0 Å². The molecular weight excluding hydrogens is 732 g/mol. The first kappa shape index (κ1) is 41.3. The van der Waals surface area contributed by atoms with E-state index in [2.05, 4.69) is 47.3 Å². The number of aromatic nitrogens is 3. The number of amides is 1. The van der Waals surface area contributed by atoms with E-state index in [0.717, 1.165) is 94.8 Å². The molecule has 0 radical (unpaired) electrons. The van der Waals surface area contributed by atoms with Crippen LogP contribution < -0.4 is 21.1 Å². The molecule has 3 aliphatic rings. The third kappa shape index (κ3) is 10.2. The van der Waals surface area contributed by atoms with Crippen molar-refractivity contribution in [3.63, 3.8) is 0 Å². The Morgan fingerprint density at radius 1 is 0.982 bits per heavy atom. The molecule has 0 spiro atoms. The molecule has 5 heterocycles. The fourth-order valence-corrected chi connectivity index (χ4v) is 9.57. The van der Waals surface area contributed by atoms with Gasteiger partial charge in [0.25, 0.3) is 5.56 Å². The molecule has 12 nitrogen and oxygen atoms in total. The highest BCUT2D eigenvalue weighted by atomic mass is 32.2. The fourth-order valence-electron chi connectivity index (χ4n) is 8.30. The van der Waals surface area contributed by atoms with Gasteiger partial charge in [-0.25, -0.2) is 9.37 Å². The highest BCUT2D eigenvalue weighted by molar-refractivity contribution is 7.97. The van der Waals surface area contributed by atoms with Crippen LogP contribution in [0.4, 0.5) is 16.0 Å². The number of nitrogens with one attached hydrogen (secondary N) is 2. The molecule has 1 aromatic carbocycles. The number of allylic oxidation sites excluding steroid dienone is 1. The summed E-state index contributed by atoms with van der Waals surface area (Å²) < 4.78 is 19.0. The van der Waals surface area contributed by atoms with Gasteiger partial charge in [0.1, 0.15) is 11.5 Å². The molecule has 3 aliphatic heterocycles.